The molecule has 2 aromatic heterocycles. The lowest BCUT2D eigenvalue weighted by Gasteiger charge is -2.25. The number of methoxy groups -OCH3 is 1. The van der Waals surface area contributed by atoms with Gasteiger partial charge >= 0.3 is 0 Å². The number of ether oxygens (including phenoxy) is 1. The second kappa shape index (κ2) is 6.17. The first-order valence-electron chi connectivity index (χ1n) is 8.20. The zero-order valence-corrected chi connectivity index (χ0v) is 13.6. The first-order chi connectivity index (χ1) is 11.8. The highest BCUT2D eigenvalue weighted by Gasteiger charge is 2.22. The van der Waals surface area contributed by atoms with Gasteiger partial charge in [0.25, 0.3) is 5.56 Å². The zero-order valence-electron chi connectivity index (χ0n) is 13.6. The maximum atomic E-state index is 12.8. The number of hydrogen-bond acceptors (Lipinski definition) is 4. The molecule has 0 saturated heterocycles. The van der Waals surface area contributed by atoms with Crippen molar-refractivity contribution in [3.05, 3.63) is 58.8 Å². The van der Waals surface area contributed by atoms with E-state index >= 15 is 0 Å². The number of nitrogens with zero attached hydrogens (tertiary/aromatic N) is 3. The van der Waals surface area contributed by atoms with Crippen LogP contribution >= 0.6 is 0 Å². The summed E-state index contributed by atoms with van der Waals surface area (Å²) in [6.07, 6.45) is 3.51. The molecule has 0 saturated carbocycles. The normalized spacial score (nSPS) is 17.0. The highest BCUT2D eigenvalue weighted by Crippen LogP contribution is 2.23. The molecule has 24 heavy (non-hydrogen) atoms. The van der Waals surface area contributed by atoms with E-state index in [0.29, 0.717) is 24.5 Å². The van der Waals surface area contributed by atoms with Gasteiger partial charge in [0.2, 0.25) is 0 Å². The maximum absolute atomic E-state index is 12.8. The van der Waals surface area contributed by atoms with E-state index in [2.05, 4.69) is 4.98 Å². The molecule has 1 aromatic carbocycles. The van der Waals surface area contributed by atoms with Crippen molar-refractivity contribution >= 4 is 10.9 Å². The second-order valence-electron chi connectivity index (χ2n) is 6.25. The quantitative estimate of drug-likeness (QED) is 0.744. The third kappa shape index (κ3) is 2.61. The number of benzene rings is 1. The van der Waals surface area contributed by atoms with E-state index in [1.165, 1.54) is 0 Å². The Kier molecular flexibility index (Phi) is 3.86. The van der Waals surface area contributed by atoms with Crippen LogP contribution in [-0.2, 0) is 17.7 Å². The zero-order chi connectivity index (χ0) is 16.5. The lowest BCUT2D eigenvalue weighted by atomic mass is 9.98. The predicted octanol–water partition coefficient (Wildman–Crippen LogP) is 2.67. The van der Waals surface area contributed by atoms with Crippen molar-refractivity contribution in [1.29, 1.82) is 0 Å². The molecule has 0 fully saturated rings. The smallest absolute Gasteiger partial charge is 0.261 e. The summed E-state index contributed by atoms with van der Waals surface area (Å²) in [6.45, 7) is 1.43. The van der Waals surface area contributed by atoms with Gasteiger partial charge in [0, 0.05) is 38.4 Å². The summed E-state index contributed by atoms with van der Waals surface area (Å²) in [5.41, 5.74) is 2.66. The van der Waals surface area contributed by atoms with E-state index < -0.39 is 0 Å². The fourth-order valence-electron chi connectivity index (χ4n) is 3.40. The average Bonchev–Trinajstić information content (AvgIpc) is 2.62. The van der Waals surface area contributed by atoms with Gasteiger partial charge in [-0.1, -0.05) is 12.1 Å². The minimum atomic E-state index is 0.0541. The molecule has 3 aromatic rings. The van der Waals surface area contributed by atoms with Crippen LogP contribution in [0.15, 0.2) is 47.4 Å². The molecular weight excluding hydrogens is 302 g/mol. The molecule has 0 N–H and O–H groups in total. The second-order valence-corrected chi connectivity index (χ2v) is 6.25. The number of rotatable bonds is 3. The summed E-state index contributed by atoms with van der Waals surface area (Å²) in [5.74, 6) is 1.29. The third-order valence-electron chi connectivity index (χ3n) is 4.63. The van der Waals surface area contributed by atoms with Gasteiger partial charge < -0.3 is 4.74 Å². The molecule has 1 aliphatic rings. The minimum Gasteiger partial charge on any atom is -0.384 e. The molecule has 5 heteroatoms. The SMILES string of the molecule is COCC1CCn2c(nc3cc(-c4ccccn4)ccc3c2=O)C1. The van der Waals surface area contributed by atoms with Gasteiger partial charge in [-0.25, -0.2) is 4.98 Å². The Bertz CT molecular complexity index is 934. The Labute approximate surface area is 139 Å². The van der Waals surface area contributed by atoms with Crippen molar-refractivity contribution in [2.45, 2.75) is 19.4 Å². The lowest BCUT2D eigenvalue weighted by molar-refractivity contribution is 0.136. The van der Waals surface area contributed by atoms with Gasteiger partial charge in [-0.15, -0.1) is 0 Å². The molecule has 122 valence electrons. The first kappa shape index (κ1) is 15.0. The monoisotopic (exact) mass is 321 g/mol. The van der Waals surface area contributed by atoms with Crippen molar-refractivity contribution in [2.24, 2.45) is 5.92 Å². The van der Waals surface area contributed by atoms with Crippen LogP contribution in [0.25, 0.3) is 22.2 Å². The van der Waals surface area contributed by atoms with Crippen LogP contribution in [0.5, 0.6) is 0 Å². The van der Waals surface area contributed by atoms with Crippen molar-refractivity contribution in [3.63, 3.8) is 0 Å². The minimum absolute atomic E-state index is 0.0541. The summed E-state index contributed by atoms with van der Waals surface area (Å²) in [6, 6.07) is 11.6. The van der Waals surface area contributed by atoms with Gasteiger partial charge in [0.1, 0.15) is 5.82 Å². The van der Waals surface area contributed by atoms with Crippen LogP contribution in [-0.4, -0.2) is 28.3 Å². The van der Waals surface area contributed by atoms with E-state index in [9.17, 15) is 4.79 Å². The highest BCUT2D eigenvalue weighted by atomic mass is 16.5. The summed E-state index contributed by atoms with van der Waals surface area (Å²) in [5, 5.41) is 0.670. The number of hydrogen-bond donors (Lipinski definition) is 0. The number of aromatic nitrogens is 3. The Morgan fingerprint density at radius 2 is 2.21 bits per heavy atom. The Hall–Kier alpha value is -2.53. The Morgan fingerprint density at radius 1 is 1.29 bits per heavy atom. The van der Waals surface area contributed by atoms with Crippen LogP contribution < -0.4 is 5.56 Å². The fourth-order valence-corrected chi connectivity index (χ4v) is 3.40. The van der Waals surface area contributed by atoms with Crippen molar-refractivity contribution < 1.29 is 4.74 Å². The number of fused-ring (bicyclic) bond motifs is 2. The molecular formula is C19H19N3O2. The molecule has 5 nitrogen and oxygen atoms in total. The molecule has 0 spiro atoms. The molecule has 1 aliphatic heterocycles. The molecule has 0 radical (unpaired) electrons. The standard InChI is InChI=1S/C19H19N3O2/c1-24-12-13-7-9-22-18(10-13)21-17-11-14(5-6-15(17)19(22)23)16-4-2-3-8-20-16/h2-6,8,11,13H,7,9-10,12H2,1H3. The molecule has 4 rings (SSSR count). The average molecular weight is 321 g/mol. The molecule has 1 atom stereocenters. The molecule has 0 amide bonds. The molecule has 3 heterocycles. The van der Waals surface area contributed by atoms with Gasteiger partial charge in [-0.3, -0.25) is 14.3 Å². The van der Waals surface area contributed by atoms with Gasteiger partial charge in [-0.2, -0.15) is 0 Å². The molecule has 0 aliphatic carbocycles. The molecule has 1 unspecified atom stereocenters. The Morgan fingerprint density at radius 3 is 3.00 bits per heavy atom. The summed E-state index contributed by atoms with van der Waals surface area (Å²) < 4.78 is 7.08. The van der Waals surface area contributed by atoms with E-state index in [-0.39, 0.29) is 5.56 Å². The summed E-state index contributed by atoms with van der Waals surface area (Å²) in [7, 11) is 1.72. The van der Waals surface area contributed by atoms with Crippen molar-refractivity contribution in [1.82, 2.24) is 14.5 Å². The highest BCUT2D eigenvalue weighted by molar-refractivity contribution is 5.83. The lowest BCUT2D eigenvalue weighted by Crippen LogP contribution is -2.33. The molecule has 0 bridgehead atoms. The van der Waals surface area contributed by atoms with Crippen LogP contribution in [0.2, 0.25) is 0 Å². The number of pyridine rings is 1. The van der Waals surface area contributed by atoms with E-state index in [0.717, 1.165) is 35.4 Å². The van der Waals surface area contributed by atoms with Gasteiger partial charge in [-0.05, 0) is 36.6 Å². The summed E-state index contributed by atoms with van der Waals surface area (Å²) in [4.78, 5) is 21.9. The maximum Gasteiger partial charge on any atom is 0.261 e. The van der Waals surface area contributed by atoms with Crippen LogP contribution in [0, 0.1) is 5.92 Å². The van der Waals surface area contributed by atoms with E-state index in [4.69, 9.17) is 9.72 Å². The van der Waals surface area contributed by atoms with E-state index in [1.54, 1.807) is 13.3 Å². The Balaban J connectivity index is 1.82. The third-order valence-corrected chi connectivity index (χ3v) is 4.63. The fraction of sp³-hybridized carbons (Fsp3) is 0.316. The van der Waals surface area contributed by atoms with Crippen LogP contribution in [0.4, 0.5) is 0 Å². The largest absolute Gasteiger partial charge is 0.384 e. The topological polar surface area (TPSA) is 57.0 Å². The van der Waals surface area contributed by atoms with E-state index in [1.807, 2.05) is 41.0 Å². The predicted molar refractivity (Wildman–Crippen MR) is 92.9 cm³/mol. The van der Waals surface area contributed by atoms with Crippen molar-refractivity contribution in [3.8, 4) is 11.3 Å². The van der Waals surface area contributed by atoms with Gasteiger partial charge in [0.05, 0.1) is 16.6 Å². The van der Waals surface area contributed by atoms with Crippen LogP contribution in [0.1, 0.15) is 12.2 Å². The van der Waals surface area contributed by atoms with Crippen LogP contribution in [0.3, 0.4) is 0 Å². The van der Waals surface area contributed by atoms with Crippen molar-refractivity contribution in [2.75, 3.05) is 13.7 Å². The summed E-state index contributed by atoms with van der Waals surface area (Å²) >= 11 is 0. The first-order valence-corrected chi connectivity index (χ1v) is 8.20. The van der Waals surface area contributed by atoms with Gasteiger partial charge in [0.15, 0.2) is 0 Å².